The molecule has 1 aliphatic carbocycles. The maximum Gasteiger partial charge on any atom is 0.225 e. The number of nitrogens with one attached hydrogen (secondary N) is 1. The van der Waals surface area contributed by atoms with Crippen molar-refractivity contribution in [3.63, 3.8) is 0 Å². The van der Waals surface area contributed by atoms with Gasteiger partial charge in [-0.3, -0.25) is 4.79 Å². The molecule has 116 valence electrons. The summed E-state index contributed by atoms with van der Waals surface area (Å²) in [5.74, 6) is 0.802. The quantitative estimate of drug-likeness (QED) is 0.897. The second kappa shape index (κ2) is 6.97. The topological polar surface area (TPSA) is 46.9 Å². The first kappa shape index (κ1) is 15.1. The Morgan fingerprint density at radius 2 is 2.05 bits per heavy atom. The average Bonchev–Trinajstić information content (AvgIpc) is 3.17. The van der Waals surface area contributed by atoms with Gasteiger partial charge in [-0.2, -0.15) is 5.10 Å². The number of carbonyl (C=O) groups is 1. The van der Waals surface area contributed by atoms with Crippen LogP contribution in [0.15, 0.2) is 36.5 Å². The van der Waals surface area contributed by atoms with Gasteiger partial charge in [-0.15, -0.1) is 0 Å². The number of hydrogen-bond acceptors (Lipinski definition) is 2. The van der Waals surface area contributed by atoms with Gasteiger partial charge >= 0.3 is 0 Å². The Morgan fingerprint density at radius 1 is 1.27 bits per heavy atom. The Hall–Kier alpha value is -1.81. The monoisotopic (exact) mass is 317 g/mol. The van der Waals surface area contributed by atoms with Crippen LogP contribution in [0.5, 0.6) is 0 Å². The Labute approximate surface area is 135 Å². The molecule has 0 saturated heterocycles. The van der Waals surface area contributed by atoms with Crippen molar-refractivity contribution in [3.05, 3.63) is 47.1 Å². The molecule has 1 heterocycles. The van der Waals surface area contributed by atoms with Crippen molar-refractivity contribution < 1.29 is 4.79 Å². The summed E-state index contributed by atoms with van der Waals surface area (Å²) in [4.78, 5) is 12.2. The molecule has 3 rings (SSSR count). The van der Waals surface area contributed by atoms with Crippen molar-refractivity contribution in [2.45, 2.75) is 44.6 Å². The van der Waals surface area contributed by atoms with E-state index in [1.165, 1.54) is 12.8 Å². The van der Waals surface area contributed by atoms with E-state index in [-0.39, 0.29) is 5.91 Å². The van der Waals surface area contributed by atoms with Crippen LogP contribution in [0.3, 0.4) is 0 Å². The van der Waals surface area contributed by atoms with E-state index in [4.69, 9.17) is 11.6 Å². The summed E-state index contributed by atoms with van der Waals surface area (Å²) in [5.41, 5.74) is 1.00. The fourth-order valence-corrected chi connectivity index (χ4v) is 3.24. The lowest BCUT2D eigenvalue weighted by Crippen LogP contribution is -2.18. The third-order valence-corrected chi connectivity index (χ3v) is 4.56. The van der Waals surface area contributed by atoms with Crippen LogP contribution in [0.25, 0.3) is 0 Å². The standard InChI is InChI=1S/C17H20ClN3O/c18-15-8-4-1-5-13(15)9-10-17(22)20-16-11-12-19-21(16)14-6-2-3-7-14/h1,4-5,8,11-12,14H,2-3,6-7,9-10H2,(H,20,22). The number of amides is 1. The van der Waals surface area contributed by atoms with Gasteiger partial charge in [0.25, 0.3) is 0 Å². The number of halogens is 1. The normalized spacial score (nSPS) is 15.1. The molecule has 0 radical (unpaired) electrons. The van der Waals surface area contributed by atoms with Crippen molar-refractivity contribution in [1.82, 2.24) is 9.78 Å². The third-order valence-electron chi connectivity index (χ3n) is 4.19. The average molecular weight is 318 g/mol. The molecule has 1 fully saturated rings. The number of rotatable bonds is 5. The van der Waals surface area contributed by atoms with Gasteiger partial charge in [0.05, 0.1) is 12.2 Å². The highest BCUT2D eigenvalue weighted by molar-refractivity contribution is 6.31. The first-order valence-corrected chi connectivity index (χ1v) is 8.18. The summed E-state index contributed by atoms with van der Waals surface area (Å²) < 4.78 is 1.96. The van der Waals surface area contributed by atoms with Crippen molar-refractivity contribution in [3.8, 4) is 0 Å². The van der Waals surface area contributed by atoms with Crippen LogP contribution in [0.1, 0.15) is 43.7 Å². The second-order valence-corrected chi connectivity index (χ2v) is 6.15. The number of benzene rings is 1. The van der Waals surface area contributed by atoms with Crippen LogP contribution in [-0.2, 0) is 11.2 Å². The Kier molecular flexibility index (Phi) is 4.78. The number of aryl methyl sites for hydroxylation is 1. The highest BCUT2D eigenvalue weighted by atomic mass is 35.5. The first-order valence-electron chi connectivity index (χ1n) is 7.81. The van der Waals surface area contributed by atoms with Crippen LogP contribution in [0.2, 0.25) is 5.02 Å². The number of aromatic nitrogens is 2. The lowest BCUT2D eigenvalue weighted by Gasteiger charge is -2.14. The van der Waals surface area contributed by atoms with Gasteiger partial charge in [-0.1, -0.05) is 42.6 Å². The predicted octanol–water partition coefficient (Wildman–Crippen LogP) is 4.22. The Morgan fingerprint density at radius 3 is 2.82 bits per heavy atom. The summed E-state index contributed by atoms with van der Waals surface area (Å²) in [5, 5.41) is 8.05. The molecular weight excluding hydrogens is 298 g/mol. The molecule has 0 atom stereocenters. The number of hydrogen-bond donors (Lipinski definition) is 1. The molecule has 1 aliphatic rings. The van der Waals surface area contributed by atoms with E-state index in [1.54, 1.807) is 6.20 Å². The second-order valence-electron chi connectivity index (χ2n) is 5.74. The molecule has 22 heavy (non-hydrogen) atoms. The van der Waals surface area contributed by atoms with Crippen LogP contribution in [0.4, 0.5) is 5.82 Å². The molecule has 1 N–H and O–H groups in total. The zero-order valence-corrected chi connectivity index (χ0v) is 13.2. The number of nitrogens with zero attached hydrogens (tertiary/aromatic N) is 2. The smallest absolute Gasteiger partial charge is 0.225 e. The first-order chi connectivity index (χ1) is 10.7. The van der Waals surface area contributed by atoms with Crippen molar-refractivity contribution >= 4 is 23.3 Å². The zero-order chi connectivity index (χ0) is 15.4. The molecule has 0 bridgehead atoms. The number of anilines is 1. The highest BCUT2D eigenvalue weighted by Crippen LogP contribution is 2.31. The molecule has 2 aromatic rings. The molecule has 5 heteroatoms. The molecular formula is C17H20ClN3O. The van der Waals surface area contributed by atoms with Gasteiger partial charge in [0.2, 0.25) is 5.91 Å². The van der Waals surface area contributed by atoms with Crippen molar-refractivity contribution in [1.29, 1.82) is 0 Å². The number of carbonyl (C=O) groups excluding carboxylic acids is 1. The van der Waals surface area contributed by atoms with Gasteiger partial charge in [-0.05, 0) is 30.9 Å². The fraction of sp³-hybridized carbons (Fsp3) is 0.412. The Balaban J connectivity index is 1.58. The van der Waals surface area contributed by atoms with Crippen LogP contribution >= 0.6 is 11.6 Å². The van der Waals surface area contributed by atoms with Crippen LogP contribution in [0, 0.1) is 0 Å². The summed E-state index contributed by atoms with van der Waals surface area (Å²) in [6, 6.07) is 9.93. The van der Waals surface area contributed by atoms with Gasteiger partial charge in [0.15, 0.2) is 0 Å². The molecule has 1 aromatic carbocycles. The van der Waals surface area contributed by atoms with E-state index in [0.717, 1.165) is 24.2 Å². The zero-order valence-electron chi connectivity index (χ0n) is 12.5. The minimum atomic E-state index is -0.000309. The predicted molar refractivity (Wildman–Crippen MR) is 88.1 cm³/mol. The minimum Gasteiger partial charge on any atom is -0.311 e. The summed E-state index contributed by atoms with van der Waals surface area (Å²) in [7, 11) is 0. The maximum absolute atomic E-state index is 12.2. The molecule has 0 unspecified atom stereocenters. The van der Waals surface area contributed by atoms with E-state index >= 15 is 0 Å². The molecule has 4 nitrogen and oxygen atoms in total. The van der Waals surface area contributed by atoms with E-state index in [0.29, 0.717) is 23.9 Å². The maximum atomic E-state index is 12.2. The highest BCUT2D eigenvalue weighted by Gasteiger charge is 2.20. The summed E-state index contributed by atoms with van der Waals surface area (Å²) in [6.45, 7) is 0. The summed E-state index contributed by atoms with van der Waals surface area (Å²) >= 11 is 6.12. The van der Waals surface area contributed by atoms with Crippen LogP contribution in [-0.4, -0.2) is 15.7 Å². The largest absolute Gasteiger partial charge is 0.311 e. The molecule has 1 saturated carbocycles. The van der Waals surface area contributed by atoms with Crippen molar-refractivity contribution in [2.24, 2.45) is 0 Å². The van der Waals surface area contributed by atoms with E-state index < -0.39 is 0 Å². The van der Waals surface area contributed by atoms with Gasteiger partial charge in [0.1, 0.15) is 5.82 Å². The molecule has 0 spiro atoms. The molecule has 1 aromatic heterocycles. The molecule has 1 amide bonds. The van der Waals surface area contributed by atoms with E-state index in [2.05, 4.69) is 10.4 Å². The lowest BCUT2D eigenvalue weighted by atomic mass is 10.1. The van der Waals surface area contributed by atoms with E-state index in [1.807, 2.05) is 35.0 Å². The van der Waals surface area contributed by atoms with Gasteiger partial charge in [0, 0.05) is 17.5 Å². The van der Waals surface area contributed by atoms with Crippen LogP contribution < -0.4 is 5.32 Å². The van der Waals surface area contributed by atoms with Crippen molar-refractivity contribution in [2.75, 3.05) is 5.32 Å². The molecule has 0 aliphatic heterocycles. The van der Waals surface area contributed by atoms with E-state index in [9.17, 15) is 4.79 Å². The van der Waals surface area contributed by atoms with Gasteiger partial charge < -0.3 is 5.32 Å². The lowest BCUT2D eigenvalue weighted by molar-refractivity contribution is -0.116. The third kappa shape index (κ3) is 3.50. The van der Waals surface area contributed by atoms with Gasteiger partial charge in [-0.25, -0.2) is 4.68 Å². The summed E-state index contributed by atoms with van der Waals surface area (Å²) in [6.07, 6.45) is 7.58. The minimum absolute atomic E-state index is 0.000309. The fourth-order valence-electron chi connectivity index (χ4n) is 3.01. The SMILES string of the molecule is O=C(CCc1ccccc1Cl)Nc1ccnn1C1CCCC1. The Bertz CT molecular complexity index is 647.